The van der Waals surface area contributed by atoms with Gasteiger partial charge < -0.3 is 0 Å². The smallest absolute Gasteiger partial charge is 0.0870 e. The minimum Gasteiger partial charge on any atom is -0.110 e. The number of hydrogen-bond acceptors (Lipinski definition) is 1. The molecule has 0 bridgehead atoms. The zero-order valence-corrected chi connectivity index (χ0v) is 12.2. The molecule has 0 N–H and O–H groups in total. The Morgan fingerprint density at radius 2 is 2.06 bits per heavy atom. The third-order valence-corrected chi connectivity index (χ3v) is 4.02. The molecule has 1 aromatic carbocycles. The summed E-state index contributed by atoms with van der Waals surface area (Å²) in [7, 11) is 0. The van der Waals surface area contributed by atoms with Crippen LogP contribution in [0, 0.1) is 0 Å². The van der Waals surface area contributed by atoms with Crippen molar-refractivity contribution in [3.8, 4) is 0 Å². The van der Waals surface area contributed by atoms with E-state index < -0.39 is 0 Å². The molecule has 1 aromatic rings. The second kappa shape index (κ2) is 8.66. The molecule has 1 unspecified atom stereocenters. The van der Waals surface area contributed by atoms with Gasteiger partial charge in [0.05, 0.1) is 4.71 Å². The van der Waals surface area contributed by atoms with E-state index in [9.17, 15) is 0 Å². The molecule has 0 fully saturated rings. The molecule has 0 spiro atoms. The van der Waals surface area contributed by atoms with E-state index in [2.05, 4.69) is 32.1 Å². The highest BCUT2D eigenvalue weighted by molar-refractivity contribution is 8.01. The van der Waals surface area contributed by atoms with Crippen LogP contribution in [-0.2, 0) is 0 Å². The van der Waals surface area contributed by atoms with Crippen LogP contribution in [0.3, 0.4) is 0 Å². The first-order valence-corrected chi connectivity index (χ1v) is 7.55. The maximum atomic E-state index is 6.31. The number of hydrogen-bond donors (Lipinski definition) is 0. The first kappa shape index (κ1) is 14.7. The van der Waals surface area contributed by atoms with Crippen LogP contribution in [-0.4, -0.2) is 4.71 Å². The Labute approximate surface area is 114 Å². The number of unbranched alkanes of at least 4 members (excludes halogenated alkanes) is 1. The van der Waals surface area contributed by atoms with Gasteiger partial charge in [-0.1, -0.05) is 43.2 Å². The summed E-state index contributed by atoms with van der Waals surface area (Å²) < 4.78 is 0.133. The van der Waals surface area contributed by atoms with E-state index in [0.29, 0.717) is 0 Å². The summed E-state index contributed by atoms with van der Waals surface area (Å²) in [6.07, 6.45) is 6.96. The highest BCUT2D eigenvalue weighted by Gasteiger charge is 2.04. The van der Waals surface area contributed by atoms with Gasteiger partial charge in [-0.25, -0.2) is 0 Å². The quantitative estimate of drug-likeness (QED) is 0.339. The van der Waals surface area contributed by atoms with Gasteiger partial charge in [0.15, 0.2) is 0 Å². The molecule has 0 saturated carbocycles. The fourth-order valence-corrected chi connectivity index (χ4v) is 2.75. The molecule has 1 rings (SSSR count). The van der Waals surface area contributed by atoms with Crippen LogP contribution < -0.4 is 0 Å². The number of rotatable bonds is 7. The third kappa shape index (κ3) is 6.80. The van der Waals surface area contributed by atoms with Crippen LogP contribution in [0.4, 0.5) is 0 Å². The van der Waals surface area contributed by atoms with E-state index in [1.165, 1.54) is 29.7 Å². The second-order valence-electron chi connectivity index (χ2n) is 4.23. The summed E-state index contributed by atoms with van der Waals surface area (Å²) in [4.78, 5) is 1.24. The summed E-state index contributed by atoms with van der Waals surface area (Å²) in [5.41, 5.74) is 1.46. The van der Waals surface area contributed by atoms with Crippen molar-refractivity contribution in [3.05, 3.63) is 42.0 Å². The Balaban J connectivity index is 2.32. The molecule has 0 aliphatic rings. The Bertz CT molecular complexity index is 332. The van der Waals surface area contributed by atoms with Crippen molar-refractivity contribution in [1.82, 2.24) is 0 Å². The molecule has 17 heavy (non-hydrogen) atoms. The Kier molecular flexibility index (Phi) is 7.46. The van der Waals surface area contributed by atoms with Crippen molar-refractivity contribution in [2.75, 3.05) is 0 Å². The molecule has 94 valence electrons. The van der Waals surface area contributed by atoms with E-state index in [-0.39, 0.29) is 4.71 Å². The van der Waals surface area contributed by atoms with Crippen LogP contribution >= 0.6 is 23.4 Å². The Hall–Kier alpha value is -0.400. The summed E-state index contributed by atoms with van der Waals surface area (Å²) in [5.74, 6) is 0. The number of halogens is 1. The Morgan fingerprint density at radius 1 is 1.35 bits per heavy atom. The van der Waals surface area contributed by atoms with Gasteiger partial charge in [0.1, 0.15) is 0 Å². The van der Waals surface area contributed by atoms with Crippen LogP contribution in [0.15, 0.2) is 46.9 Å². The van der Waals surface area contributed by atoms with Crippen molar-refractivity contribution in [3.63, 3.8) is 0 Å². The van der Waals surface area contributed by atoms with Gasteiger partial charge in [-0.05, 0) is 38.3 Å². The van der Waals surface area contributed by atoms with Crippen LogP contribution in [0.5, 0.6) is 0 Å². The molecule has 0 saturated heterocycles. The Morgan fingerprint density at radius 3 is 2.71 bits per heavy atom. The van der Waals surface area contributed by atoms with Gasteiger partial charge in [0.25, 0.3) is 0 Å². The van der Waals surface area contributed by atoms with Gasteiger partial charge in [0, 0.05) is 4.90 Å². The lowest BCUT2D eigenvalue weighted by molar-refractivity contribution is 0.783. The predicted molar refractivity (Wildman–Crippen MR) is 79.8 cm³/mol. The van der Waals surface area contributed by atoms with E-state index in [4.69, 9.17) is 11.6 Å². The minimum atomic E-state index is 0.133. The lowest BCUT2D eigenvalue weighted by atomic mass is 10.1. The maximum absolute atomic E-state index is 6.31. The molecule has 0 aliphatic heterocycles. The first-order valence-electron chi connectivity index (χ1n) is 6.23. The molecule has 0 nitrogen and oxygen atoms in total. The average Bonchev–Trinajstić information content (AvgIpc) is 2.35. The van der Waals surface area contributed by atoms with Crippen molar-refractivity contribution in [2.24, 2.45) is 0 Å². The fourth-order valence-electron chi connectivity index (χ4n) is 1.55. The van der Waals surface area contributed by atoms with E-state index in [1.807, 2.05) is 18.2 Å². The van der Waals surface area contributed by atoms with Gasteiger partial charge in [-0.15, -0.1) is 23.4 Å². The van der Waals surface area contributed by atoms with Crippen LogP contribution in [0.1, 0.15) is 39.5 Å². The molecule has 0 aromatic heterocycles. The van der Waals surface area contributed by atoms with E-state index in [1.54, 1.807) is 11.8 Å². The van der Waals surface area contributed by atoms with Crippen molar-refractivity contribution < 1.29 is 0 Å². The van der Waals surface area contributed by atoms with Gasteiger partial charge >= 0.3 is 0 Å². The SMILES string of the molecule is CCCC/C(C)=C/CC(Cl)Sc1ccccc1. The normalized spacial score (nSPS) is 13.7. The highest BCUT2D eigenvalue weighted by atomic mass is 35.5. The summed E-state index contributed by atoms with van der Waals surface area (Å²) >= 11 is 8.04. The monoisotopic (exact) mass is 268 g/mol. The van der Waals surface area contributed by atoms with E-state index in [0.717, 1.165) is 6.42 Å². The van der Waals surface area contributed by atoms with Gasteiger partial charge in [-0.2, -0.15) is 0 Å². The lowest BCUT2D eigenvalue weighted by Crippen LogP contribution is -1.90. The molecular formula is C15H21ClS. The van der Waals surface area contributed by atoms with Crippen molar-refractivity contribution >= 4 is 23.4 Å². The molecule has 0 amide bonds. The zero-order chi connectivity index (χ0) is 12.5. The number of alkyl halides is 1. The van der Waals surface area contributed by atoms with Crippen LogP contribution in [0.2, 0.25) is 0 Å². The second-order valence-corrected chi connectivity index (χ2v) is 6.29. The van der Waals surface area contributed by atoms with Gasteiger partial charge in [-0.3, -0.25) is 0 Å². The number of benzene rings is 1. The zero-order valence-electron chi connectivity index (χ0n) is 10.7. The minimum absolute atomic E-state index is 0.133. The number of allylic oxidation sites excluding steroid dienone is 2. The summed E-state index contributed by atoms with van der Waals surface area (Å²) in [6, 6.07) is 10.3. The molecule has 0 radical (unpaired) electrons. The molecule has 2 heteroatoms. The van der Waals surface area contributed by atoms with E-state index >= 15 is 0 Å². The van der Waals surface area contributed by atoms with Crippen molar-refractivity contribution in [2.45, 2.75) is 49.1 Å². The molecular weight excluding hydrogens is 248 g/mol. The standard InChI is InChI=1S/C15H21ClS/c1-3-4-8-13(2)11-12-15(16)17-14-9-6-5-7-10-14/h5-7,9-11,15H,3-4,8,12H2,1-2H3/b13-11+. The predicted octanol–water partition coefficient (Wildman–Crippen LogP) is 5.87. The largest absolute Gasteiger partial charge is 0.110 e. The average molecular weight is 269 g/mol. The van der Waals surface area contributed by atoms with Gasteiger partial charge in [0.2, 0.25) is 0 Å². The maximum Gasteiger partial charge on any atom is 0.0870 e. The molecule has 0 aliphatic carbocycles. The number of thioether (sulfide) groups is 1. The summed E-state index contributed by atoms with van der Waals surface area (Å²) in [6.45, 7) is 4.43. The first-order chi connectivity index (χ1) is 8.22. The molecule has 1 atom stereocenters. The fraction of sp³-hybridized carbons (Fsp3) is 0.467. The molecule has 0 heterocycles. The van der Waals surface area contributed by atoms with Crippen LogP contribution in [0.25, 0.3) is 0 Å². The lowest BCUT2D eigenvalue weighted by Gasteiger charge is -2.07. The third-order valence-electron chi connectivity index (χ3n) is 2.58. The highest BCUT2D eigenvalue weighted by Crippen LogP contribution is 2.28. The topological polar surface area (TPSA) is 0 Å². The van der Waals surface area contributed by atoms with Crippen molar-refractivity contribution in [1.29, 1.82) is 0 Å². The summed E-state index contributed by atoms with van der Waals surface area (Å²) in [5, 5.41) is 0.